The van der Waals surface area contributed by atoms with Crippen LogP contribution in [-0.2, 0) is 19.7 Å². The van der Waals surface area contributed by atoms with E-state index in [0.717, 1.165) is 28.6 Å². The number of nitrogens with zero attached hydrogens (tertiary/aromatic N) is 2. The molecule has 0 amide bonds. The standard InChI is InChI=1S/C30H38ClN3O3/c1-11-24(25-13-12-23(31)14-17(25)2)28-33-19(4)26(27(32)34-28)30(10,16-35)22(7)37-20(5)18(3)15-29(8,9)21(6)36/h11-14,16H,7,15H2,1-6,8-10H3,(H2,32,33,34)/b20-18+,24-11+. The quantitative estimate of drug-likeness (QED) is 0.264. The molecule has 1 aromatic heterocycles. The molecule has 0 fully saturated rings. The van der Waals surface area contributed by atoms with Crippen LogP contribution >= 0.6 is 11.6 Å². The number of benzene rings is 1. The van der Waals surface area contributed by atoms with Gasteiger partial charge in [0.1, 0.15) is 29.1 Å². The number of anilines is 1. The van der Waals surface area contributed by atoms with Gasteiger partial charge in [0.2, 0.25) is 0 Å². The van der Waals surface area contributed by atoms with Crippen LogP contribution in [0.2, 0.25) is 5.02 Å². The lowest BCUT2D eigenvalue weighted by Crippen LogP contribution is -2.31. The van der Waals surface area contributed by atoms with Gasteiger partial charge in [-0.1, -0.05) is 44.2 Å². The maximum Gasteiger partial charge on any atom is 0.162 e. The van der Waals surface area contributed by atoms with Crippen molar-refractivity contribution in [3.8, 4) is 0 Å². The number of nitrogen functional groups attached to an aromatic ring is 1. The zero-order valence-corrected chi connectivity index (χ0v) is 24.1. The molecule has 0 aliphatic rings. The lowest BCUT2D eigenvalue weighted by Gasteiger charge is -2.29. The Balaban J connectivity index is 2.49. The summed E-state index contributed by atoms with van der Waals surface area (Å²) < 4.78 is 6.06. The van der Waals surface area contributed by atoms with Crippen molar-refractivity contribution in [1.82, 2.24) is 9.97 Å². The monoisotopic (exact) mass is 523 g/mol. The van der Waals surface area contributed by atoms with E-state index in [9.17, 15) is 9.59 Å². The molecule has 37 heavy (non-hydrogen) atoms. The first-order valence-electron chi connectivity index (χ1n) is 12.2. The van der Waals surface area contributed by atoms with E-state index in [1.165, 1.54) is 0 Å². The maximum absolute atomic E-state index is 12.5. The molecule has 0 aliphatic heterocycles. The summed E-state index contributed by atoms with van der Waals surface area (Å²) in [7, 11) is 0. The summed E-state index contributed by atoms with van der Waals surface area (Å²) in [5.74, 6) is 1.49. The van der Waals surface area contributed by atoms with E-state index in [-0.39, 0.29) is 17.4 Å². The number of ether oxygens (including phenoxy) is 1. The summed E-state index contributed by atoms with van der Waals surface area (Å²) >= 11 is 6.14. The third-order valence-corrected chi connectivity index (χ3v) is 7.23. The van der Waals surface area contributed by atoms with E-state index in [0.29, 0.717) is 34.3 Å². The van der Waals surface area contributed by atoms with Crippen LogP contribution in [0.15, 0.2) is 47.9 Å². The Morgan fingerprint density at radius 2 is 1.78 bits per heavy atom. The van der Waals surface area contributed by atoms with Crippen molar-refractivity contribution in [3.63, 3.8) is 0 Å². The summed E-state index contributed by atoms with van der Waals surface area (Å²) in [5, 5.41) is 0.647. The van der Waals surface area contributed by atoms with Crippen molar-refractivity contribution in [3.05, 3.63) is 81.2 Å². The second-order valence-electron chi connectivity index (χ2n) is 10.4. The highest BCUT2D eigenvalue weighted by molar-refractivity contribution is 6.30. The van der Waals surface area contributed by atoms with Crippen LogP contribution in [0.1, 0.15) is 83.1 Å². The van der Waals surface area contributed by atoms with Crippen molar-refractivity contribution in [2.24, 2.45) is 5.41 Å². The van der Waals surface area contributed by atoms with E-state index >= 15 is 0 Å². The molecule has 7 heteroatoms. The van der Waals surface area contributed by atoms with Gasteiger partial charge in [0.15, 0.2) is 5.82 Å². The Labute approximate surface area is 225 Å². The van der Waals surface area contributed by atoms with E-state index in [1.54, 1.807) is 27.7 Å². The van der Waals surface area contributed by atoms with Crippen molar-refractivity contribution in [2.75, 3.05) is 5.73 Å². The van der Waals surface area contributed by atoms with E-state index in [4.69, 9.17) is 27.1 Å². The highest BCUT2D eigenvalue weighted by Crippen LogP contribution is 2.38. The van der Waals surface area contributed by atoms with Gasteiger partial charge in [-0.15, -0.1) is 0 Å². The summed E-state index contributed by atoms with van der Waals surface area (Å²) in [5.41, 5.74) is 9.24. The number of Topliss-reactive ketones (excluding diaryl/α,β-unsaturated/α-hetero) is 1. The molecule has 0 aliphatic carbocycles. The topological polar surface area (TPSA) is 95.2 Å². The first kappa shape index (κ1) is 30.0. The number of hydrogen-bond acceptors (Lipinski definition) is 6. The number of carbonyl (C=O) groups excluding carboxylic acids is 2. The SMILES string of the molecule is C=C(O/C(C)=C(\C)CC(C)(C)C(C)=O)C(C)(C=O)c1c(C)nc(/C(=C/C)c2ccc(Cl)cc2C)nc1N. The molecular formula is C30H38ClN3O3. The van der Waals surface area contributed by atoms with E-state index < -0.39 is 10.8 Å². The molecule has 1 unspecified atom stereocenters. The minimum absolute atomic E-state index is 0.0890. The Morgan fingerprint density at radius 3 is 2.27 bits per heavy atom. The second-order valence-corrected chi connectivity index (χ2v) is 10.8. The fourth-order valence-corrected chi connectivity index (χ4v) is 4.47. The number of nitrogens with two attached hydrogens (primary N) is 1. The van der Waals surface area contributed by atoms with Crippen LogP contribution in [0, 0.1) is 19.3 Å². The lowest BCUT2D eigenvalue weighted by molar-refractivity contribution is -0.124. The number of allylic oxidation sites excluding steroid dienone is 4. The maximum atomic E-state index is 12.5. The van der Waals surface area contributed by atoms with Gasteiger partial charge >= 0.3 is 0 Å². The molecule has 2 rings (SSSR count). The Hall–Kier alpha value is -3.25. The minimum atomic E-state index is -1.30. The lowest BCUT2D eigenvalue weighted by atomic mass is 9.81. The number of carbonyl (C=O) groups is 2. The Kier molecular flexibility index (Phi) is 9.26. The third kappa shape index (κ3) is 6.37. The molecule has 0 saturated heterocycles. The molecule has 6 nitrogen and oxygen atoms in total. The van der Waals surface area contributed by atoms with Crippen LogP contribution in [0.25, 0.3) is 5.57 Å². The normalized spacial score (nSPS) is 14.5. The molecule has 2 N–H and O–H groups in total. The number of halogens is 1. The highest BCUT2D eigenvalue weighted by atomic mass is 35.5. The molecule has 0 bridgehead atoms. The smallest absolute Gasteiger partial charge is 0.162 e. The number of rotatable bonds is 10. The van der Waals surface area contributed by atoms with Gasteiger partial charge in [-0.2, -0.15) is 0 Å². The molecule has 2 aromatic rings. The van der Waals surface area contributed by atoms with Crippen LogP contribution in [0.5, 0.6) is 0 Å². The molecular weight excluding hydrogens is 486 g/mol. The van der Waals surface area contributed by atoms with Crippen molar-refractivity contribution >= 4 is 35.1 Å². The zero-order chi connectivity index (χ0) is 28.3. The van der Waals surface area contributed by atoms with Crippen LogP contribution in [0.4, 0.5) is 5.82 Å². The molecule has 0 radical (unpaired) electrons. The van der Waals surface area contributed by atoms with Gasteiger partial charge in [-0.05, 0) is 83.7 Å². The summed E-state index contributed by atoms with van der Waals surface area (Å²) in [4.78, 5) is 33.8. The van der Waals surface area contributed by atoms with Crippen LogP contribution in [0.3, 0.4) is 0 Å². The van der Waals surface area contributed by atoms with E-state index in [2.05, 4.69) is 11.6 Å². The molecule has 1 aromatic carbocycles. The average Bonchev–Trinajstić information content (AvgIpc) is 2.79. The summed E-state index contributed by atoms with van der Waals surface area (Å²) in [6.07, 6.45) is 3.19. The third-order valence-electron chi connectivity index (χ3n) is 7.00. The minimum Gasteiger partial charge on any atom is -0.466 e. The zero-order valence-electron chi connectivity index (χ0n) is 23.4. The van der Waals surface area contributed by atoms with Gasteiger partial charge < -0.3 is 15.3 Å². The largest absolute Gasteiger partial charge is 0.466 e. The fourth-order valence-electron chi connectivity index (χ4n) is 4.25. The van der Waals surface area contributed by atoms with Gasteiger partial charge in [0, 0.05) is 27.3 Å². The number of ketones is 1. The summed E-state index contributed by atoms with van der Waals surface area (Å²) in [6, 6.07) is 5.62. The second kappa shape index (κ2) is 11.4. The number of aromatic nitrogens is 2. The fraction of sp³-hybridized carbons (Fsp3) is 0.400. The number of aryl methyl sites for hydroxylation is 2. The van der Waals surface area contributed by atoms with Crippen LogP contribution in [-0.4, -0.2) is 22.0 Å². The molecule has 198 valence electrons. The number of aldehydes is 1. The number of hydrogen-bond donors (Lipinski definition) is 1. The predicted octanol–water partition coefficient (Wildman–Crippen LogP) is 7.07. The van der Waals surface area contributed by atoms with E-state index in [1.807, 2.05) is 58.9 Å². The van der Waals surface area contributed by atoms with Crippen molar-refractivity contribution in [2.45, 2.75) is 74.1 Å². The Bertz CT molecular complexity index is 1280. The van der Waals surface area contributed by atoms with Gasteiger partial charge in [0.05, 0.1) is 5.76 Å². The first-order chi connectivity index (χ1) is 17.1. The average molecular weight is 524 g/mol. The Morgan fingerprint density at radius 1 is 1.16 bits per heavy atom. The van der Waals surface area contributed by atoms with Gasteiger partial charge in [0.25, 0.3) is 0 Å². The van der Waals surface area contributed by atoms with Crippen molar-refractivity contribution in [1.29, 1.82) is 0 Å². The molecule has 0 saturated carbocycles. The molecule has 1 atom stereocenters. The first-order valence-corrected chi connectivity index (χ1v) is 12.6. The van der Waals surface area contributed by atoms with Gasteiger partial charge in [-0.25, -0.2) is 9.97 Å². The highest BCUT2D eigenvalue weighted by Gasteiger charge is 2.37. The summed E-state index contributed by atoms with van der Waals surface area (Å²) in [6.45, 7) is 20.5. The van der Waals surface area contributed by atoms with Crippen molar-refractivity contribution < 1.29 is 14.3 Å². The predicted molar refractivity (Wildman–Crippen MR) is 151 cm³/mol. The van der Waals surface area contributed by atoms with Gasteiger partial charge in [-0.3, -0.25) is 4.79 Å². The van der Waals surface area contributed by atoms with Crippen LogP contribution < -0.4 is 5.73 Å². The molecule has 0 spiro atoms. The molecule has 1 heterocycles.